The Hall–Kier alpha value is -2.47. The van der Waals surface area contributed by atoms with E-state index < -0.39 is 0 Å². The standard InChI is InChI=1S/C19H23N5O/c1-2-25-13-15-7-6-10-23(12-15)18-17-11-22-24(19(17)21-14-20-18)16-8-4-3-5-9-16/h3-5,8-9,11,14-15H,2,6-7,10,12-13H2,1H3. The highest BCUT2D eigenvalue weighted by Gasteiger charge is 2.23. The molecule has 0 N–H and O–H groups in total. The van der Waals surface area contributed by atoms with Crippen LogP contribution in [0.5, 0.6) is 0 Å². The van der Waals surface area contributed by atoms with Gasteiger partial charge >= 0.3 is 0 Å². The molecule has 1 saturated heterocycles. The van der Waals surface area contributed by atoms with Crippen molar-refractivity contribution in [1.29, 1.82) is 0 Å². The third-order valence-corrected chi connectivity index (χ3v) is 4.72. The van der Waals surface area contributed by atoms with Gasteiger partial charge in [-0.2, -0.15) is 5.10 Å². The van der Waals surface area contributed by atoms with Crippen molar-refractivity contribution in [3.05, 3.63) is 42.9 Å². The summed E-state index contributed by atoms with van der Waals surface area (Å²) >= 11 is 0. The lowest BCUT2D eigenvalue weighted by atomic mass is 9.99. The molecule has 0 radical (unpaired) electrons. The smallest absolute Gasteiger partial charge is 0.168 e. The molecule has 130 valence electrons. The van der Waals surface area contributed by atoms with Gasteiger partial charge in [0, 0.05) is 19.7 Å². The zero-order valence-corrected chi connectivity index (χ0v) is 14.5. The zero-order valence-electron chi connectivity index (χ0n) is 14.5. The maximum atomic E-state index is 5.63. The molecule has 1 fully saturated rings. The summed E-state index contributed by atoms with van der Waals surface area (Å²) in [4.78, 5) is 11.4. The predicted octanol–water partition coefficient (Wildman–Crippen LogP) is 3.07. The summed E-state index contributed by atoms with van der Waals surface area (Å²) in [7, 11) is 0. The molecule has 0 saturated carbocycles. The van der Waals surface area contributed by atoms with Crippen LogP contribution in [0.15, 0.2) is 42.9 Å². The number of anilines is 1. The number of para-hydroxylation sites is 1. The van der Waals surface area contributed by atoms with Crippen LogP contribution in [0.1, 0.15) is 19.8 Å². The summed E-state index contributed by atoms with van der Waals surface area (Å²) < 4.78 is 7.51. The van der Waals surface area contributed by atoms with Gasteiger partial charge in [0.05, 0.1) is 23.9 Å². The van der Waals surface area contributed by atoms with E-state index >= 15 is 0 Å². The third kappa shape index (κ3) is 3.22. The molecule has 3 heterocycles. The lowest BCUT2D eigenvalue weighted by Gasteiger charge is -2.33. The van der Waals surface area contributed by atoms with Crippen molar-refractivity contribution < 1.29 is 4.74 Å². The Morgan fingerprint density at radius 3 is 2.92 bits per heavy atom. The van der Waals surface area contributed by atoms with Crippen molar-refractivity contribution in [3.8, 4) is 5.69 Å². The van der Waals surface area contributed by atoms with Gasteiger partial charge in [0.1, 0.15) is 12.1 Å². The van der Waals surface area contributed by atoms with Gasteiger partial charge in [0.2, 0.25) is 0 Å². The molecule has 2 aromatic heterocycles. The number of piperidine rings is 1. The first kappa shape index (κ1) is 16.0. The average molecular weight is 337 g/mol. The zero-order chi connectivity index (χ0) is 17.1. The molecule has 0 aliphatic carbocycles. The number of aromatic nitrogens is 4. The van der Waals surface area contributed by atoms with Crippen LogP contribution in [0, 0.1) is 5.92 Å². The van der Waals surface area contributed by atoms with Crippen LogP contribution >= 0.6 is 0 Å². The molecule has 4 rings (SSSR count). The van der Waals surface area contributed by atoms with E-state index in [1.807, 2.05) is 48.1 Å². The number of rotatable bonds is 5. The maximum absolute atomic E-state index is 5.63. The monoisotopic (exact) mass is 337 g/mol. The van der Waals surface area contributed by atoms with E-state index in [0.717, 1.165) is 55.3 Å². The Balaban J connectivity index is 1.65. The largest absolute Gasteiger partial charge is 0.381 e. The number of ether oxygens (including phenoxy) is 1. The Bertz CT molecular complexity index is 832. The second kappa shape index (κ2) is 7.19. The highest BCUT2D eigenvalue weighted by molar-refractivity contribution is 5.87. The highest BCUT2D eigenvalue weighted by atomic mass is 16.5. The van der Waals surface area contributed by atoms with E-state index in [1.54, 1.807) is 6.33 Å². The molecule has 3 aromatic rings. The van der Waals surface area contributed by atoms with Gasteiger partial charge in [0.25, 0.3) is 0 Å². The van der Waals surface area contributed by atoms with Crippen molar-refractivity contribution in [1.82, 2.24) is 19.7 Å². The predicted molar refractivity (Wildman–Crippen MR) is 98.1 cm³/mol. The van der Waals surface area contributed by atoms with Gasteiger partial charge in [-0.15, -0.1) is 0 Å². The summed E-state index contributed by atoms with van der Waals surface area (Å²) in [5, 5.41) is 5.56. The first-order valence-corrected chi connectivity index (χ1v) is 8.93. The molecule has 0 amide bonds. The van der Waals surface area contributed by atoms with E-state index in [9.17, 15) is 0 Å². The van der Waals surface area contributed by atoms with E-state index in [4.69, 9.17) is 4.74 Å². The van der Waals surface area contributed by atoms with Gasteiger partial charge in [-0.05, 0) is 37.8 Å². The molecule has 1 unspecified atom stereocenters. The molecule has 0 spiro atoms. The minimum atomic E-state index is 0.558. The summed E-state index contributed by atoms with van der Waals surface area (Å²) in [6, 6.07) is 10.1. The first-order chi connectivity index (χ1) is 12.4. The molecule has 1 atom stereocenters. The van der Waals surface area contributed by atoms with Gasteiger partial charge in [-0.1, -0.05) is 18.2 Å². The molecule has 1 aliphatic rings. The Labute approximate surface area is 147 Å². The van der Waals surface area contributed by atoms with Crippen LogP contribution in [-0.4, -0.2) is 46.1 Å². The first-order valence-electron chi connectivity index (χ1n) is 8.93. The van der Waals surface area contributed by atoms with Gasteiger partial charge in [-0.3, -0.25) is 0 Å². The number of fused-ring (bicyclic) bond motifs is 1. The average Bonchev–Trinajstić information content (AvgIpc) is 3.11. The fraction of sp³-hybridized carbons (Fsp3) is 0.421. The van der Waals surface area contributed by atoms with E-state index in [-0.39, 0.29) is 0 Å². The van der Waals surface area contributed by atoms with Crippen molar-refractivity contribution in [2.75, 3.05) is 31.2 Å². The fourth-order valence-electron chi connectivity index (χ4n) is 3.52. The molecule has 1 aliphatic heterocycles. The molecule has 25 heavy (non-hydrogen) atoms. The fourth-order valence-corrected chi connectivity index (χ4v) is 3.52. The second-order valence-electron chi connectivity index (χ2n) is 6.44. The number of benzene rings is 1. The van der Waals surface area contributed by atoms with Crippen LogP contribution in [0.4, 0.5) is 5.82 Å². The molecular formula is C19H23N5O. The minimum absolute atomic E-state index is 0.558. The van der Waals surface area contributed by atoms with E-state index in [1.165, 1.54) is 6.42 Å². The molecule has 6 nitrogen and oxygen atoms in total. The lowest BCUT2D eigenvalue weighted by Crippen LogP contribution is -2.37. The summed E-state index contributed by atoms with van der Waals surface area (Å²) in [5.74, 6) is 1.54. The second-order valence-corrected chi connectivity index (χ2v) is 6.44. The molecule has 1 aromatic carbocycles. The quantitative estimate of drug-likeness (QED) is 0.716. The van der Waals surface area contributed by atoms with E-state index in [2.05, 4.69) is 20.0 Å². The lowest BCUT2D eigenvalue weighted by molar-refractivity contribution is 0.104. The topological polar surface area (TPSA) is 56.1 Å². The van der Waals surface area contributed by atoms with Crippen LogP contribution in [0.3, 0.4) is 0 Å². The van der Waals surface area contributed by atoms with Gasteiger partial charge in [0.15, 0.2) is 5.65 Å². The third-order valence-electron chi connectivity index (χ3n) is 4.72. The van der Waals surface area contributed by atoms with Gasteiger partial charge in [-0.25, -0.2) is 14.6 Å². The van der Waals surface area contributed by atoms with Gasteiger partial charge < -0.3 is 9.64 Å². The Morgan fingerprint density at radius 2 is 2.08 bits per heavy atom. The number of hydrogen-bond acceptors (Lipinski definition) is 5. The van der Waals surface area contributed by atoms with Crippen LogP contribution < -0.4 is 4.90 Å². The van der Waals surface area contributed by atoms with Crippen LogP contribution in [0.25, 0.3) is 16.7 Å². The molecule has 6 heteroatoms. The molecule has 0 bridgehead atoms. The number of hydrogen-bond donors (Lipinski definition) is 0. The Kier molecular flexibility index (Phi) is 4.61. The van der Waals surface area contributed by atoms with Crippen LogP contribution in [0.2, 0.25) is 0 Å². The van der Waals surface area contributed by atoms with Crippen molar-refractivity contribution >= 4 is 16.9 Å². The summed E-state index contributed by atoms with van der Waals surface area (Å²) in [6.07, 6.45) is 5.90. The molecular weight excluding hydrogens is 314 g/mol. The number of nitrogens with zero attached hydrogens (tertiary/aromatic N) is 5. The minimum Gasteiger partial charge on any atom is -0.381 e. The summed E-state index contributed by atoms with van der Waals surface area (Å²) in [6.45, 7) is 5.64. The normalized spacial score (nSPS) is 18.0. The Morgan fingerprint density at radius 1 is 1.20 bits per heavy atom. The van der Waals surface area contributed by atoms with Crippen molar-refractivity contribution in [3.63, 3.8) is 0 Å². The van der Waals surface area contributed by atoms with Crippen molar-refractivity contribution in [2.45, 2.75) is 19.8 Å². The maximum Gasteiger partial charge on any atom is 0.168 e. The van der Waals surface area contributed by atoms with Crippen molar-refractivity contribution in [2.24, 2.45) is 5.92 Å². The van der Waals surface area contributed by atoms with E-state index in [0.29, 0.717) is 5.92 Å². The highest BCUT2D eigenvalue weighted by Crippen LogP contribution is 2.28. The van der Waals surface area contributed by atoms with Crippen LogP contribution in [-0.2, 0) is 4.74 Å². The SMILES string of the molecule is CCOCC1CCCN(c2ncnc3c2cnn3-c2ccccc2)C1. The summed E-state index contributed by atoms with van der Waals surface area (Å²) in [5.41, 5.74) is 1.86.